The molecule has 2 aromatic rings. The number of amides is 1. The number of nitrogens with zero attached hydrogens (tertiary/aromatic N) is 1. The molecule has 168 valence electrons. The van der Waals surface area contributed by atoms with Crippen LogP contribution in [0.25, 0.3) is 0 Å². The lowest BCUT2D eigenvalue weighted by atomic mass is 10.0. The Morgan fingerprint density at radius 1 is 1.16 bits per heavy atom. The van der Waals surface area contributed by atoms with Gasteiger partial charge in [-0.2, -0.15) is 0 Å². The van der Waals surface area contributed by atoms with Crippen LogP contribution in [0.15, 0.2) is 36.5 Å². The van der Waals surface area contributed by atoms with Crippen molar-refractivity contribution in [2.75, 3.05) is 7.11 Å². The van der Waals surface area contributed by atoms with Gasteiger partial charge in [0, 0.05) is 24.7 Å². The Kier molecular flexibility index (Phi) is 9.46. The summed E-state index contributed by atoms with van der Waals surface area (Å²) >= 11 is 0. The molecule has 0 saturated heterocycles. The van der Waals surface area contributed by atoms with Gasteiger partial charge in [-0.3, -0.25) is 9.78 Å². The highest BCUT2D eigenvalue weighted by atomic mass is 16.5. The molecule has 2 N–H and O–H groups in total. The highest BCUT2D eigenvalue weighted by Crippen LogP contribution is 2.21. The van der Waals surface area contributed by atoms with Crippen LogP contribution in [0.5, 0.6) is 5.75 Å². The molecule has 7 heteroatoms. The maximum atomic E-state index is 12.5. The summed E-state index contributed by atoms with van der Waals surface area (Å²) in [6.07, 6.45) is 3.98. The highest BCUT2D eigenvalue weighted by molar-refractivity contribution is 5.92. The van der Waals surface area contributed by atoms with E-state index in [1.807, 2.05) is 12.1 Å². The number of methoxy groups -OCH3 is 1. The average molecular weight is 429 g/mol. The number of nitrogens with one attached hydrogen (secondary N) is 1. The van der Waals surface area contributed by atoms with Crippen molar-refractivity contribution >= 4 is 11.9 Å². The molecule has 7 nitrogen and oxygen atoms in total. The molecule has 0 aliphatic heterocycles. The molecule has 1 aromatic heterocycles. The van der Waals surface area contributed by atoms with Crippen molar-refractivity contribution in [1.29, 1.82) is 0 Å². The molecule has 0 saturated carbocycles. The molecule has 1 aromatic carbocycles. The van der Waals surface area contributed by atoms with Gasteiger partial charge in [-0.25, -0.2) is 4.79 Å². The van der Waals surface area contributed by atoms with E-state index in [1.54, 1.807) is 45.4 Å². The number of pyridine rings is 1. The number of carboxylic acid groups (broad SMARTS) is 1. The monoisotopic (exact) mass is 428 g/mol. The van der Waals surface area contributed by atoms with E-state index in [0.717, 1.165) is 36.0 Å². The molecule has 1 atom stereocenters. The molecule has 1 heterocycles. The van der Waals surface area contributed by atoms with Gasteiger partial charge >= 0.3 is 5.97 Å². The Labute approximate surface area is 183 Å². The SMILES string of the molecule is CCCCc1ccc(C(=O)NCc2cc(CC(OC(C)C)C(=O)O)ccc2OC)nc1. The van der Waals surface area contributed by atoms with E-state index in [0.29, 0.717) is 11.4 Å². The summed E-state index contributed by atoms with van der Waals surface area (Å²) in [4.78, 5) is 28.3. The zero-order chi connectivity index (χ0) is 22.8. The Balaban J connectivity index is 2.06. The Morgan fingerprint density at radius 3 is 2.48 bits per heavy atom. The third-order valence-corrected chi connectivity index (χ3v) is 4.79. The van der Waals surface area contributed by atoms with Gasteiger partial charge in [-0.15, -0.1) is 0 Å². The van der Waals surface area contributed by atoms with E-state index < -0.39 is 12.1 Å². The molecule has 0 spiro atoms. The number of carbonyl (C=O) groups is 2. The van der Waals surface area contributed by atoms with Crippen LogP contribution in [0.2, 0.25) is 0 Å². The third kappa shape index (κ3) is 7.68. The number of carbonyl (C=O) groups excluding carboxylic acids is 1. The van der Waals surface area contributed by atoms with Gasteiger partial charge in [-0.05, 0) is 49.9 Å². The topological polar surface area (TPSA) is 97.8 Å². The van der Waals surface area contributed by atoms with Crippen LogP contribution in [0.1, 0.15) is 60.8 Å². The van der Waals surface area contributed by atoms with Crippen LogP contribution in [0.3, 0.4) is 0 Å². The molecule has 0 radical (unpaired) electrons. The molecule has 0 aliphatic carbocycles. The molecule has 2 rings (SSSR count). The molecule has 1 amide bonds. The third-order valence-electron chi connectivity index (χ3n) is 4.79. The van der Waals surface area contributed by atoms with Gasteiger partial charge < -0.3 is 19.9 Å². The molecule has 31 heavy (non-hydrogen) atoms. The minimum absolute atomic E-state index is 0.195. The number of carboxylic acids is 1. The Hall–Kier alpha value is -2.93. The number of aliphatic carboxylic acids is 1. The van der Waals surface area contributed by atoms with Crippen molar-refractivity contribution in [1.82, 2.24) is 10.3 Å². The second-order valence-corrected chi connectivity index (χ2v) is 7.70. The number of rotatable bonds is 12. The zero-order valence-corrected chi connectivity index (χ0v) is 18.7. The second-order valence-electron chi connectivity index (χ2n) is 7.70. The summed E-state index contributed by atoms with van der Waals surface area (Å²) in [5, 5.41) is 12.3. The van der Waals surface area contributed by atoms with Gasteiger partial charge in [-0.1, -0.05) is 31.5 Å². The van der Waals surface area contributed by atoms with Crippen molar-refractivity contribution < 1.29 is 24.2 Å². The fourth-order valence-corrected chi connectivity index (χ4v) is 3.19. The summed E-state index contributed by atoms with van der Waals surface area (Å²) < 4.78 is 10.9. The van der Waals surface area contributed by atoms with E-state index in [-0.39, 0.29) is 25.0 Å². The van der Waals surface area contributed by atoms with E-state index in [2.05, 4.69) is 17.2 Å². The second kappa shape index (κ2) is 12.1. The van der Waals surface area contributed by atoms with Crippen molar-refractivity contribution in [2.24, 2.45) is 0 Å². The van der Waals surface area contributed by atoms with E-state index in [4.69, 9.17) is 9.47 Å². The fraction of sp³-hybridized carbons (Fsp3) is 0.458. The molecule has 0 aliphatic rings. The van der Waals surface area contributed by atoms with Crippen LogP contribution < -0.4 is 10.1 Å². The molecular formula is C24H32N2O5. The number of benzene rings is 1. The smallest absolute Gasteiger partial charge is 0.333 e. The van der Waals surface area contributed by atoms with Crippen LogP contribution in [-0.4, -0.2) is 41.3 Å². The van der Waals surface area contributed by atoms with Crippen molar-refractivity contribution in [3.63, 3.8) is 0 Å². The maximum Gasteiger partial charge on any atom is 0.333 e. The van der Waals surface area contributed by atoms with E-state index in [9.17, 15) is 14.7 Å². The molecular weight excluding hydrogens is 396 g/mol. The summed E-state index contributed by atoms with van der Waals surface area (Å²) in [6, 6.07) is 9.07. The minimum atomic E-state index is -1.01. The zero-order valence-electron chi connectivity index (χ0n) is 18.7. The molecule has 1 unspecified atom stereocenters. The molecule has 0 fully saturated rings. The normalized spacial score (nSPS) is 11.9. The van der Waals surface area contributed by atoms with Gasteiger partial charge in [0.15, 0.2) is 6.10 Å². The minimum Gasteiger partial charge on any atom is -0.496 e. The maximum absolute atomic E-state index is 12.5. The summed E-state index contributed by atoms with van der Waals surface area (Å²) in [7, 11) is 1.55. The quantitative estimate of drug-likeness (QED) is 0.534. The van der Waals surface area contributed by atoms with Crippen LogP contribution in [0.4, 0.5) is 0 Å². The first-order valence-corrected chi connectivity index (χ1v) is 10.6. The highest BCUT2D eigenvalue weighted by Gasteiger charge is 2.21. The van der Waals surface area contributed by atoms with Gasteiger partial charge in [0.2, 0.25) is 0 Å². The standard InChI is InChI=1S/C24H32N2O5/c1-5-6-7-17-8-10-20(25-14-17)23(27)26-15-19-12-18(9-11-21(19)30-4)13-22(24(28)29)31-16(2)3/h8-12,14,16,22H,5-7,13,15H2,1-4H3,(H,26,27)(H,28,29). The summed E-state index contributed by atoms with van der Waals surface area (Å²) in [5.74, 6) is -0.669. The lowest BCUT2D eigenvalue weighted by Crippen LogP contribution is -2.29. The predicted molar refractivity (Wildman–Crippen MR) is 118 cm³/mol. The molecule has 0 bridgehead atoms. The number of hydrogen-bond donors (Lipinski definition) is 2. The van der Waals surface area contributed by atoms with E-state index in [1.165, 1.54) is 0 Å². The van der Waals surface area contributed by atoms with Gasteiger partial charge in [0.1, 0.15) is 11.4 Å². The first-order valence-electron chi connectivity index (χ1n) is 10.6. The van der Waals surface area contributed by atoms with Crippen molar-refractivity contribution in [3.05, 3.63) is 58.9 Å². The van der Waals surface area contributed by atoms with Crippen LogP contribution in [0, 0.1) is 0 Å². The number of aryl methyl sites for hydroxylation is 1. The van der Waals surface area contributed by atoms with E-state index >= 15 is 0 Å². The summed E-state index contributed by atoms with van der Waals surface area (Å²) in [5.41, 5.74) is 3.01. The average Bonchev–Trinajstić information content (AvgIpc) is 2.75. The van der Waals surface area contributed by atoms with Crippen LogP contribution in [-0.2, 0) is 28.9 Å². The number of unbranched alkanes of at least 4 members (excludes halogenated alkanes) is 1. The Bertz CT molecular complexity index is 865. The first-order chi connectivity index (χ1) is 14.8. The number of hydrogen-bond acceptors (Lipinski definition) is 5. The fourth-order valence-electron chi connectivity index (χ4n) is 3.19. The number of aromatic nitrogens is 1. The Morgan fingerprint density at radius 2 is 1.90 bits per heavy atom. The first kappa shape index (κ1) is 24.3. The van der Waals surface area contributed by atoms with Gasteiger partial charge in [0.05, 0.1) is 13.2 Å². The summed E-state index contributed by atoms with van der Waals surface area (Å²) in [6.45, 7) is 5.97. The number of ether oxygens (including phenoxy) is 2. The lowest BCUT2D eigenvalue weighted by molar-refractivity contribution is -0.153. The van der Waals surface area contributed by atoms with Crippen LogP contribution >= 0.6 is 0 Å². The van der Waals surface area contributed by atoms with Crippen molar-refractivity contribution in [2.45, 2.75) is 65.2 Å². The van der Waals surface area contributed by atoms with Crippen molar-refractivity contribution in [3.8, 4) is 5.75 Å². The van der Waals surface area contributed by atoms with Gasteiger partial charge in [0.25, 0.3) is 5.91 Å². The lowest BCUT2D eigenvalue weighted by Gasteiger charge is -2.18. The predicted octanol–water partition coefficient (Wildman–Crippen LogP) is 3.78. The largest absolute Gasteiger partial charge is 0.496 e.